The molecular formula is C9H19NO. The molecule has 0 amide bonds. The fourth-order valence-electron chi connectivity index (χ4n) is 1.72. The largest absolute Gasteiger partial charge is 0.396 e. The molecule has 0 aromatic carbocycles. The highest BCUT2D eigenvalue weighted by Crippen LogP contribution is 2.17. The van der Waals surface area contributed by atoms with Crippen LogP contribution in [-0.2, 0) is 0 Å². The zero-order valence-electron chi connectivity index (χ0n) is 7.58. The Labute approximate surface area is 69.2 Å². The van der Waals surface area contributed by atoms with Crippen LogP contribution in [0, 0.1) is 5.92 Å². The topological polar surface area (TPSA) is 23.5 Å². The molecule has 66 valence electrons. The van der Waals surface area contributed by atoms with Crippen molar-refractivity contribution >= 4 is 0 Å². The SMILES string of the molecule is CC(CO)CN1CCCC1C. The Morgan fingerprint density at radius 2 is 2.36 bits per heavy atom. The quantitative estimate of drug-likeness (QED) is 0.663. The predicted molar refractivity (Wildman–Crippen MR) is 46.5 cm³/mol. The lowest BCUT2D eigenvalue weighted by molar-refractivity contribution is 0.170. The van der Waals surface area contributed by atoms with E-state index in [0.717, 1.165) is 12.6 Å². The average Bonchev–Trinajstić information content (AvgIpc) is 2.37. The zero-order chi connectivity index (χ0) is 8.27. The normalized spacial score (nSPS) is 29.2. The van der Waals surface area contributed by atoms with Crippen molar-refractivity contribution in [3.8, 4) is 0 Å². The van der Waals surface area contributed by atoms with Gasteiger partial charge in [0.15, 0.2) is 0 Å². The maximum atomic E-state index is 8.85. The molecule has 1 heterocycles. The van der Waals surface area contributed by atoms with Gasteiger partial charge in [0.1, 0.15) is 0 Å². The molecule has 0 saturated carbocycles. The number of rotatable bonds is 3. The summed E-state index contributed by atoms with van der Waals surface area (Å²) >= 11 is 0. The van der Waals surface area contributed by atoms with Gasteiger partial charge in [-0.15, -0.1) is 0 Å². The van der Waals surface area contributed by atoms with Crippen molar-refractivity contribution in [3.05, 3.63) is 0 Å². The van der Waals surface area contributed by atoms with E-state index in [2.05, 4.69) is 18.7 Å². The van der Waals surface area contributed by atoms with E-state index in [9.17, 15) is 0 Å². The first-order valence-corrected chi connectivity index (χ1v) is 4.59. The Hall–Kier alpha value is -0.0800. The van der Waals surface area contributed by atoms with Gasteiger partial charge >= 0.3 is 0 Å². The molecule has 0 bridgehead atoms. The summed E-state index contributed by atoms with van der Waals surface area (Å²) in [6.07, 6.45) is 2.66. The molecule has 1 rings (SSSR count). The molecule has 2 atom stereocenters. The van der Waals surface area contributed by atoms with Crippen LogP contribution in [0.5, 0.6) is 0 Å². The average molecular weight is 157 g/mol. The fourth-order valence-corrected chi connectivity index (χ4v) is 1.72. The van der Waals surface area contributed by atoms with Gasteiger partial charge < -0.3 is 10.0 Å². The maximum absolute atomic E-state index is 8.85. The van der Waals surface area contributed by atoms with Crippen molar-refractivity contribution in [1.82, 2.24) is 4.90 Å². The van der Waals surface area contributed by atoms with Gasteiger partial charge in [0.2, 0.25) is 0 Å². The first-order chi connectivity index (χ1) is 5.24. The van der Waals surface area contributed by atoms with Gasteiger partial charge in [-0.05, 0) is 32.2 Å². The van der Waals surface area contributed by atoms with Gasteiger partial charge in [-0.2, -0.15) is 0 Å². The fraction of sp³-hybridized carbons (Fsp3) is 1.00. The van der Waals surface area contributed by atoms with Crippen LogP contribution in [0.15, 0.2) is 0 Å². The molecule has 0 spiro atoms. The molecule has 2 heteroatoms. The van der Waals surface area contributed by atoms with Gasteiger partial charge in [-0.3, -0.25) is 0 Å². The van der Waals surface area contributed by atoms with Crippen LogP contribution in [-0.4, -0.2) is 35.7 Å². The van der Waals surface area contributed by atoms with Crippen LogP contribution < -0.4 is 0 Å². The monoisotopic (exact) mass is 157 g/mol. The molecule has 2 unspecified atom stereocenters. The van der Waals surface area contributed by atoms with E-state index in [4.69, 9.17) is 5.11 Å². The van der Waals surface area contributed by atoms with E-state index in [-0.39, 0.29) is 0 Å². The summed E-state index contributed by atoms with van der Waals surface area (Å²) in [6.45, 7) is 6.99. The van der Waals surface area contributed by atoms with E-state index in [1.807, 2.05) is 0 Å². The molecule has 1 aliphatic heterocycles. The highest BCUT2D eigenvalue weighted by atomic mass is 16.3. The van der Waals surface area contributed by atoms with Crippen molar-refractivity contribution in [2.75, 3.05) is 19.7 Å². The lowest BCUT2D eigenvalue weighted by atomic mass is 10.1. The lowest BCUT2D eigenvalue weighted by Gasteiger charge is -2.23. The Morgan fingerprint density at radius 3 is 2.82 bits per heavy atom. The summed E-state index contributed by atoms with van der Waals surface area (Å²) in [5.74, 6) is 0.440. The second-order valence-electron chi connectivity index (χ2n) is 3.77. The molecule has 11 heavy (non-hydrogen) atoms. The highest BCUT2D eigenvalue weighted by Gasteiger charge is 2.20. The zero-order valence-corrected chi connectivity index (χ0v) is 7.58. The lowest BCUT2D eigenvalue weighted by Crippen LogP contribution is -2.32. The van der Waals surface area contributed by atoms with Crippen molar-refractivity contribution in [1.29, 1.82) is 0 Å². The summed E-state index contributed by atoms with van der Waals surface area (Å²) in [5.41, 5.74) is 0. The van der Waals surface area contributed by atoms with Gasteiger partial charge in [0.05, 0.1) is 0 Å². The number of likely N-dealkylation sites (tertiary alicyclic amines) is 1. The van der Waals surface area contributed by atoms with E-state index in [1.165, 1.54) is 19.4 Å². The summed E-state index contributed by atoms with van der Waals surface area (Å²) in [7, 11) is 0. The number of hydrogen-bond donors (Lipinski definition) is 1. The second kappa shape index (κ2) is 4.07. The summed E-state index contributed by atoms with van der Waals surface area (Å²) in [5, 5.41) is 8.85. The van der Waals surface area contributed by atoms with Crippen LogP contribution in [0.25, 0.3) is 0 Å². The predicted octanol–water partition coefficient (Wildman–Crippen LogP) is 1.10. The number of hydrogen-bond acceptors (Lipinski definition) is 2. The Morgan fingerprint density at radius 1 is 1.64 bits per heavy atom. The van der Waals surface area contributed by atoms with Gasteiger partial charge in [0, 0.05) is 19.2 Å². The van der Waals surface area contributed by atoms with Crippen LogP contribution in [0.4, 0.5) is 0 Å². The summed E-state index contributed by atoms with van der Waals surface area (Å²) in [4.78, 5) is 2.47. The van der Waals surface area contributed by atoms with E-state index in [0.29, 0.717) is 12.5 Å². The molecule has 1 aliphatic rings. The van der Waals surface area contributed by atoms with Crippen molar-refractivity contribution < 1.29 is 5.11 Å². The number of nitrogens with zero attached hydrogens (tertiary/aromatic N) is 1. The standard InChI is InChI=1S/C9H19NO/c1-8(7-11)6-10-5-3-4-9(10)2/h8-9,11H,3-7H2,1-2H3. The molecule has 1 saturated heterocycles. The van der Waals surface area contributed by atoms with Crippen molar-refractivity contribution in [2.24, 2.45) is 5.92 Å². The minimum absolute atomic E-state index is 0.323. The summed E-state index contributed by atoms with van der Waals surface area (Å²) in [6, 6.07) is 0.740. The third-order valence-electron chi connectivity index (χ3n) is 2.55. The molecular weight excluding hydrogens is 138 g/mol. The van der Waals surface area contributed by atoms with Crippen LogP contribution >= 0.6 is 0 Å². The van der Waals surface area contributed by atoms with Crippen LogP contribution in [0.3, 0.4) is 0 Å². The minimum atomic E-state index is 0.323. The second-order valence-corrected chi connectivity index (χ2v) is 3.77. The third kappa shape index (κ3) is 2.46. The van der Waals surface area contributed by atoms with Crippen LogP contribution in [0.2, 0.25) is 0 Å². The Balaban J connectivity index is 2.24. The molecule has 0 radical (unpaired) electrons. The first kappa shape index (κ1) is 9.01. The molecule has 0 aromatic heterocycles. The van der Waals surface area contributed by atoms with Crippen LogP contribution in [0.1, 0.15) is 26.7 Å². The minimum Gasteiger partial charge on any atom is -0.396 e. The van der Waals surface area contributed by atoms with E-state index < -0.39 is 0 Å². The van der Waals surface area contributed by atoms with Gasteiger partial charge in [-0.1, -0.05) is 6.92 Å². The maximum Gasteiger partial charge on any atom is 0.0468 e. The first-order valence-electron chi connectivity index (χ1n) is 4.59. The smallest absolute Gasteiger partial charge is 0.0468 e. The van der Waals surface area contributed by atoms with Gasteiger partial charge in [0.25, 0.3) is 0 Å². The summed E-state index contributed by atoms with van der Waals surface area (Å²) < 4.78 is 0. The molecule has 1 N–H and O–H groups in total. The molecule has 1 fully saturated rings. The third-order valence-corrected chi connectivity index (χ3v) is 2.55. The molecule has 2 nitrogen and oxygen atoms in total. The number of aliphatic hydroxyl groups excluding tert-OH is 1. The van der Waals surface area contributed by atoms with Crippen molar-refractivity contribution in [3.63, 3.8) is 0 Å². The molecule has 0 aromatic rings. The Kier molecular flexibility index (Phi) is 3.34. The van der Waals surface area contributed by atoms with E-state index in [1.54, 1.807) is 0 Å². The van der Waals surface area contributed by atoms with Crippen molar-refractivity contribution in [2.45, 2.75) is 32.7 Å². The van der Waals surface area contributed by atoms with Gasteiger partial charge in [-0.25, -0.2) is 0 Å². The Bertz CT molecular complexity index is 116. The molecule has 0 aliphatic carbocycles. The highest BCUT2D eigenvalue weighted by molar-refractivity contribution is 4.76. The number of aliphatic hydroxyl groups is 1. The van der Waals surface area contributed by atoms with E-state index >= 15 is 0 Å².